The van der Waals surface area contributed by atoms with Crippen LogP contribution in [0.15, 0.2) is 70.3 Å². The lowest BCUT2D eigenvalue weighted by atomic mass is 9.95. The molecule has 9 heteroatoms. The van der Waals surface area contributed by atoms with Crippen LogP contribution in [0.2, 0.25) is 0 Å². The molecule has 1 atom stereocenters. The number of ketones is 1. The molecule has 1 aliphatic rings. The van der Waals surface area contributed by atoms with Gasteiger partial charge in [0.1, 0.15) is 17.3 Å². The number of aliphatic hydroxyl groups excluding tert-OH is 1. The molecule has 7 nitrogen and oxygen atoms in total. The van der Waals surface area contributed by atoms with E-state index in [2.05, 4.69) is 4.98 Å². The highest BCUT2D eigenvalue weighted by molar-refractivity contribution is 7.22. The average molecular weight is 464 g/mol. The van der Waals surface area contributed by atoms with E-state index in [1.807, 2.05) is 0 Å². The second-order valence-electron chi connectivity index (χ2n) is 7.46. The summed E-state index contributed by atoms with van der Waals surface area (Å²) in [4.78, 5) is 32.3. The molecule has 1 aliphatic heterocycles. The molecule has 0 bridgehead atoms. The average Bonchev–Trinajstić information content (AvgIpc) is 3.49. The first-order valence-corrected chi connectivity index (χ1v) is 10.8. The number of thiazole rings is 1. The van der Waals surface area contributed by atoms with E-state index >= 15 is 0 Å². The molecule has 2 aromatic carbocycles. The number of hydrogen-bond acceptors (Lipinski definition) is 7. The Labute approximate surface area is 191 Å². The fourth-order valence-corrected chi connectivity index (χ4v) is 4.83. The van der Waals surface area contributed by atoms with E-state index in [4.69, 9.17) is 9.15 Å². The first kappa shape index (κ1) is 20.9. The predicted molar refractivity (Wildman–Crippen MR) is 120 cm³/mol. The third-order valence-corrected chi connectivity index (χ3v) is 6.41. The van der Waals surface area contributed by atoms with Crippen LogP contribution in [0, 0.1) is 12.7 Å². The number of aliphatic hydroxyl groups is 1. The molecule has 0 saturated heterocycles. The van der Waals surface area contributed by atoms with Crippen molar-refractivity contribution in [2.45, 2.75) is 13.0 Å². The summed E-state index contributed by atoms with van der Waals surface area (Å²) in [5, 5.41) is 11.1. The number of hydrogen-bond donors (Lipinski definition) is 1. The van der Waals surface area contributed by atoms with Crippen molar-refractivity contribution in [3.8, 4) is 5.75 Å². The Bertz CT molecular complexity index is 1440. The van der Waals surface area contributed by atoms with Gasteiger partial charge in [-0.15, -0.1) is 0 Å². The molecule has 1 amide bonds. The van der Waals surface area contributed by atoms with Gasteiger partial charge in [-0.3, -0.25) is 14.5 Å². The number of Topliss-reactive ketones (excluding diaryl/α,β-unsaturated/α-hetero) is 1. The summed E-state index contributed by atoms with van der Waals surface area (Å²) in [6.45, 7) is 1.68. The highest BCUT2D eigenvalue weighted by Crippen LogP contribution is 2.44. The van der Waals surface area contributed by atoms with Gasteiger partial charge < -0.3 is 14.3 Å². The van der Waals surface area contributed by atoms with Crippen molar-refractivity contribution >= 4 is 38.4 Å². The van der Waals surface area contributed by atoms with Crippen LogP contribution in [0.1, 0.15) is 27.9 Å². The van der Waals surface area contributed by atoms with Gasteiger partial charge in [0, 0.05) is 0 Å². The zero-order valence-corrected chi connectivity index (χ0v) is 18.4. The number of furan rings is 1. The molecule has 1 N–H and O–H groups in total. The number of aryl methyl sites for hydroxylation is 1. The summed E-state index contributed by atoms with van der Waals surface area (Å²) in [5.74, 6) is -1.44. The van der Waals surface area contributed by atoms with Gasteiger partial charge in [0.25, 0.3) is 5.91 Å². The second kappa shape index (κ2) is 7.86. The standard InChI is InChI=1S/C24H17FN2O5S/c1-12-3-10-17(32-12)21(28)19-20(13-4-6-14(25)7-5-13)27(23(30)22(19)29)24-26-16-9-8-15(31-2)11-18(16)33-24/h3-11,20,29H,1-2H3. The fraction of sp³-hybridized carbons (Fsp3) is 0.125. The third kappa shape index (κ3) is 3.46. The lowest BCUT2D eigenvalue weighted by molar-refractivity contribution is -0.117. The molecule has 1 unspecified atom stereocenters. The highest BCUT2D eigenvalue weighted by atomic mass is 32.1. The van der Waals surface area contributed by atoms with Gasteiger partial charge in [-0.2, -0.15) is 0 Å². The SMILES string of the molecule is COc1ccc2nc(N3C(=O)C(O)=C(C(=O)c4ccc(C)o4)C3c3ccc(F)cc3)sc2c1. The minimum atomic E-state index is -1.02. The van der Waals surface area contributed by atoms with Crippen molar-refractivity contribution in [3.05, 3.63) is 88.8 Å². The molecule has 0 spiro atoms. The highest BCUT2D eigenvalue weighted by Gasteiger charge is 2.46. The van der Waals surface area contributed by atoms with E-state index in [9.17, 15) is 19.1 Å². The number of nitrogens with zero attached hydrogens (tertiary/aromatic N) is 2. The van der Waals surface area contributed by atoms with Crippen LogP contribution in [-0.4, -0.2) is 28.9 Å². The third-order valence-electron chi connectivity index (χ3n) is 5.39. The molecule has 0 fully saturated rings. The number of rotatable bonds is 5. The fourth-order valence-electron chi connectivity index (χ4n) is 3.81. The quantitative estimate of drug-likeness (QED) is 0.412. The van der Waals surface area contributed by atoms with Crippen LogP contribution < -0.4 is 9.64 Å². The maximum absolute atomic E-state index is 13.6. The van der Waals surface area contributed by atoms with Crippen LogP contribution in [-0.2, 0) is 4.79 Å². The summed E-state index contributed by atoms with van der Waals surface area (Å²) in [7, 11) is 1.55. The minimum absolute atomic E-state index is 0.00940. The molecular formula is C24H17FN2O5S. The van der Waals surface area contributed by atoms with Crippen molar-refractivity contribution in [1.29, 1.82) is 0 Å². The predicted octanol–water partition coefficient (Wildman–Crippen LogP) is 5.13. The number of halogens is 1. The van der Waals surface area contributed by atoms with Crippen molar-refractivity contribution in [2.75, 3.05) is 12.0 Å². The van der Waals surface area contributed by atoms with Gasteiger partial charge in [0.2, 0.25) is 5.78 Å². The summed E-state index contributed by atoms with van der Waals surface area (Å²) in [5.41, 5.74) is 0.914. The Morgan fingerprint density at radius 2 is 1.94 bits per heavy atom. The van der Waals surface area contributed by atoms with Crippen molar-refractivity contribution in [3.63, 3.8) is 0 Å². The number of amides is 1. The number of ether oxygens (including phenoxy) is 1. The summed E-state index contributed by atoms with van der Waals surface area (Å²) in [6, 6.07) is 12.8. The molecule has 0 saturated carbocycles. The Kier molecular flexibility index (Phi) is 4.98. The number of anilines is 1. The zero-order valence-electron chi connectivity index (χ0n) is 17.5. The molecule has 5 rings (SSSR count). The number of carbonyl (C=O) groups is 2. The molecule has 0 radical (unpaired) electrons. The molecule has 3 heterocycles. The summed E-state index contributed by atoms with van der Waals surface area (Å²) < 4.78 is 25.1. The normalized spacial score (nSPS) is 16.2. The van der Waals surface area contributed by atoms with Crippen LogP contribution in [0.3, 0.4) is 0 Å². The van der Waals surface area contributed by atoms with Crippen molar-refractivity contribution in [2.24, 2.45) is 0 Å². The van der Waals surface area contributed by atoms with Gasteiger partial charge >= 0.3 is 0 Å². The number of aromatic nitrogens is 1. The molecule has 4 aromatic rings. The van der Waals surface area contributed by atoms with Crippen LogP contribution in [0.4, 0.5) is 9.52 Å². The van der Waals surface area contributed by atoms with E-state index in [0.717, 1.165) is 4.70 Å². The van der Waals surface area contributed by atoms with Crippen LogP contribution in [0.25, 0.3) is 10.2 Å². The van der Waals surface area contributed by atoms with Crippen LogP contribution >= 0.6 is 11.3 Å². The zero-order chi connectivity index (χ0) is 23.3. The summed E-state index contributed by atoms with van der Waals surface area (Å²) >= 11 is 1.21. The number of methoxy groups -OCH3 is 1. The first-order chi connectivity index (χ1) is 15.9. The van der Waals surface area contributed by atoms with E-state index in [0.29, 0.717) is 22.6 Å². The minimum Gasteiger partial charge on any atom is -0.503 e. The van der Waals surface area contributed by atoms with Gasteiger partial charge in [0.15, 0.2) is 16.7 Å². The largest absolute Gasteiger partial charge is 0.503 e. The number of benzene rings is 2. The Hall–Kier alpha value is -3.98. The monoisotopic (exact) mass is 464 g/mol. The lowest BCUT2D eigenvalue weighted by Crippen LogP contribution is -2.30. The van der Waals surface area contributed by atoms with Crippen molar-refractivity contribution in [1.82, 2.24) is 4.98 Å². The molecule has 166 valence electrons. The topological polar surface area (TPSA) is 92.9 Å². The lowest BCUT2D eigenvalue weighted by Gasteiger charge is -2.24. The summed E-state index contributed by atoms with van der Waals surface area (Å²) in [6.07, 6.45) is 0. The number of fused-ring (bicyclic) bond motifs is 1. The maximum Gasteiger partial charge on any atom is 0.296 e. The second-order valence-corrected chi connectivity index (χ2v) is 8.47. The van der Waals surface area contributed by atoms with E-state index < -0.39 is 29.3 Å². The van der Waals surface area contributed by atoms with E-state index in [1.54, 1.807) is 38.3 Å². The van der Waals surface area contributed by atoms with E-state index in [1.165, 1.54) is 46.6 Å². The smallest absolute Gasteiger partial charge is 0.296 e. The Morgan fingerprint density at radius 1 is 1.18 bits per heavy atom. The molecule has 0 aliphatic carbocycles. The van der Waals surface area contributed by atoms with Gasteiger partial charge in [-0.25, -0.2) is 9.37 Å². The maximum atomic E-state index is 13.6. The number of carbonyl (C=O) groups excluding carboxylic acids is 2. The molecule has 33 heavy (non-hydrogen) atoms. The molecular weight excluding hydrogens is 447 g/mol. The van der Waals surface area contributed by atoms with Gasteiger partial charge in [0.05, 0.1) is 28.9 Å². The van der Waals surface area contributed by atoms with Crippen LogP contribution in [0.5, 0.6) is 5.75 Å². The molecule has 2 aromatic heterocycles. The Morgan fingerprint density at radius 3 is 2.61 bits per heavy atom. The van der Waals surface area contributed by atoms with Crippen molar-refractivity contribution < 1.29 is 28.2 Å². The first-order valence-electron chi connectivity index (χ1n) is 9.95. The van der Waals surface area contributed by atoms with Gasteiger partial charge in [-0.1, -0.05) is 23.5 Å². The Balaban J connectivity index is 1.66. The van der Waals surface area contributed by atoms with E-state index in [-0.39, 0.29) is 16.5 Å². The van der Waals surface area contributed by atoms with Gasteiger partial charge in [-0.05, 0) is 55.0 Å².